The number of Topliss-reactive ketones (excluding diaryl/α,β-unsaturated/α-hetero) is 1. The van der Waals surface area contributed by atoms with E-state index in [1.165, 1.54) is 0 Å². The van der Waals surface area contributed by atoms with Gasteiger partial charge in [0.1, 0.15) is 6.10 Å². The first-order valence-electron chi connectivity index (χ1n) is 9.28. The molecule has 1 fully saturated rings. The Hall–Kier alpha value is 0.0487. The van der Waals surface area contributed by atoms with Crippen molar-refractivity contribution in [1.29, 1.82) is 0 Å². The van der Waals surface area contributed by atoms with Crippen LogP contribution in [0.5, 0.6) is 0 Å². The van der Waals surface area contributed by atoms with Gasteiger partial charge in [-0.05, 0) is 28.5 Å². The predicted octanol–water partition coefficient (Wildman–Crippen LogP) is 4.49. The second kappa shape index (κ2) is 8.62. The Balaban J connectivity index is 3.39. The Kier molecular flexibility index (Phi) is 7.94. The summed E-state index contributed by atoms with van der Waals surface area (Å²) in [6.07, 6.45) is 0.0714. The van der Waals surface area contributed by atoms with Gasteiger partial charge in [-0.2, -0.15) is 0 Å². The zero-order chi connectivity index (χ0) is 18.7. The molecule has 4 nitrogen and oxygen atoms in total. The fourth-order valence-corrected chi connectivity index (χ4v) is 14.9. The van der Waals surface area contributed by atoms with Crippen LogP contribution in [0, 0.1) is 0 Å². The summed E-state index contributed by atoms with van der Waals surface area (Å²) in [7, 11) is 0.472. The van der Waals surface area contributed by atoms with Gasteiger partial charge < -0.3 is 13.0 Å². The van der Waals surface area contributed by atoms with Crippen LogP contribution in [0.1, 0.15) is 61.8 Å². The van der Waals surface area contributed by atoms with Gasteiger partial charge >= 0.3 is 17.1 Å². The second-order valence-corrected chi connectivity index (χ2v) is 16.9. The average molecular weight is 370 g/mol. The van der Waals surface area contributed by atoms with Crippen LogP contribution in [0.25, 0.3) is 0 Å². The summed E-state index contributed by atoms with van der Waals surface area (Å²) in [5, 5.41) is 0. The molecule has 0 aromatic carbocycles. The van der Waals surface area contributed by atoms with Gasteiger partial charge in [0.15, 0.2) is 5.78 Å². The van der Waals surface area contributed by atoms with E-state index in [0.29, 0.717) is 24.1 Å². The Labute approximate surface area is 151 Å². The molecule has 7 heteroatoms. The van der Waals surface area contributed by atoms with Gasteiger partial charge in [0, 0.05) is 13.0 Å². The Morgan fingerprint density at radius 1 is 0.958 bits per heavy atom. The normalized spacial score (nSPS) is 24.4. The van der Waals surface area contributed by atoms with Gasteiger partial charge in [0.05, 0.1) is 7.85 Å². The molecule has 0 aliphatic carbocycles. The summed E-state index contributed by atoms with van der Waals surface area (Å²) >= 11 is 0. The molecule has 0 unspecified atom stereocenters. The van der Waals surface area contributed by atoms with E-state index in [0.717, 1.165) is 0 Å². The van der Waals surface area contributed by atoms with E-state index in [2.05, 4.69) is 55.4 Å². The molecule has 0 amide bonds. The standard InChI is InChI=1S/C17H35BO4Si2/c1-12(2)23(13(3)4)20-10-9-17(16(19)11-18)21-24(22-23,14(5)6)15(7)8/h12-15,17H,9-11H2,1-8H3/t17-/m0/s1. The van der Waals surface area contributed by atoms with Crippen LogP contribution >= 0.6 is 0 Å². The first-order chi connectivity index (χ1) is 11.0. The zero-order valence-electron chi connectivity index (χ0n) is 16.7. The quantitative estimate of drug-likeness (QED) is 0.646. The smallest absolute Gasteiger partial charge is 0.335 e. The second-order valence-electron chi connectivity index (χ2n) is 8.08. The largest absolute Gasteiger partial charge is 0.414 e. The Bertz CT molecular complexity index is 411. The molecule has 1 aliphatic heterocycles. The molecule has 1 aliphatic rings. The van der Waals surface area contributed by atoms with E-state index in [4.69, 9.17) is 20.8 Å². The van der Waals surface area contributed by atoms with Crippen LogP contribution in [0.4, 0.5) is 0 Å². The topological polar surface area (TPSA) is 44.8 Å². The minimum Gasteiger partial charge on any atom is -0.414 e. The van der Waals surface area contributed by atoms with Crippen molar-refractivity contribution in [2.24, 2.45) is 0 Å². The molecule has 1 heterocycles. The van der Waals surface area contributed by atoms with Gasteiger partial charge in [-0.25, -0.2) is 0 Å². The molecule has 0 bridgehead atoms. The summed E-state index contributed by atoms with van der Waals surface area (Å²) in [6.45, 7) is 17.9. The minimum absolute atomic E-state index is 0.00225. The lowest BCUT2D eigenvalue weighted by Gasteiger charge is -2.50. The van der Waals surface area contributed by atoms with Gasteiger partial charge in [0.25, 0.3) is 0 Å². The van der Waals surface area contributed by atoms with Crippen LogP contribution in [-0.4, -0.2) is 43.5 Å². The molecule has 0 aromatic heterocycles. The molecular weight excluding hydrogens is 335 g/mol. The number of ketones is 1. The third-order valence-electron chi connectivity index (χ3n) is 5.13. The van der Waals surface area contributed by atoms with Crippen LogP contribution in [0.2, 0.25) is 28.5 Å². The highest BCUT2D eigenvalue weighted by Gasteiger charge is 2.58. The lowest BCUT2D eigenvalue weighted by Crippen LogP contribution is -2.64. The fraction of sp³-hybridized carbons (Fsp3) is 0.941. The highest BCUT2D eigenvalue weighted by atomic mass is 28.5. The highest BCUT2D eigenvalue weighted by molar-refractivity contribution is 6.84. The third kappa shape index (κ3) is 4.23. The van der Waals surface area contributed by atoms with Gasteiger partial charge in [-0.15, -0.1) is 0 Å². The molecule has 138 valence electrons. The Morgan fingerprint density at radius 3 is 1.79 bits per heavy atom. The van der Waals surface area contributed by atoms with Crippen molar-refractivity contribution < 1.29 is 17.8 Å². The molecule has 0 saturated carbocycles. The van der Waals surface area contributed by atoms with Crippen molar-refractivity contribution in [2.45, 2.75) is 96.4 Å². The van der Waals surface area contributed by atoms with E-state index in [1.807, 2.05) is 0 Å². The fourth-order valence-electron chi connectivity index (χ4n) is 3.68. The number of carbonyl (C=O) groups excluding carboxylic acids is 1. The molecule has 1 atom stereocenters. The first kappa shape index (κ1) is 22.1. The number of carbonyl (C=O) groups is 1. The predicted molar refractivity (Wildman–Crippen MR) is 104 cm³/mol. The van der Waals surface area contributed by atoms with Crippen molar-refractivity contribution in [2.75, 3.05) is 6.61 Å². The number of rotatable bonds is 6. The molecule has 0 N–H and O–H groups in total. The molecule has 24 heavy (non-hydrogen) atoms. The summed E-state index contributed by atoms with van der Waals surface area (Å²) in [5.41, 5.74) is 1.12. The van der Waals surface area contributed by atoms with Crippen molar-refractivity contribution >= 4 is 30.8 Å². The SMILES string of the molecule is [B]CC(=O)[C@@H]1CCO[Si](C(C)C)(C(C)C)O[Si](C(C)C)(C(C)C)O1. The van der Waals surface area contributed by atoms with Gasteiger partial charge in [0.2, 0.25) is 0 Å². The lowest BCUT2D eigenvalue weighted by molar-refractivity contribution is -0.126. The average Bonchev–Trinajstić information content (AvgIpc) is 2.45. The van der Waals surface area contributed by atoms with Gasteiger partial charge in [-0.3, -0.25) is 4.79 Å². The van der Waals surface area contributed by atoms with Crippen molar-refractivity contribution in [3.63, 3.8) is 0 Å². The van der Waals surface area contributed by atoms with Crippen molar-refractivity contribution in [3.05, 3.63) is 0 Å². The van der Waals surface area contributed by atoms with Crippen molar-refractivity contribution in [1.82, 2.24) is 0 Å². The van der Waals surface area contributed by atoms with E-state index < -0.39 is 23.2 Å². The molecule has 0 aromatic rings. The first-order valence-corrected chi connectivity index (χ1v) is 13.2. The monoisotopic (exact) mass is 370 g/mol. The van der Waals surface area contributed by atoms with E-state index in [1.54, 1.807) is 0 Å². The number of hydrogen-bond donors (Lipinski definition) is 0. The minimum atomic E-state index is -2.66. The lowest BCUT2D eigenvalue weighted by atomic mass is 9.96. The molecular formula is C17H35BO4Si2. The maximum absolute atomic E-state index is 12.3. The summed E-state index contributed by atoms with van der Waals surface area (Å²) < 4.78 is 20.0. The molecule has 2 radical (unpaired) electrons. The van der Waals surface area contributed by atoms with E-state index >= 15 is 0 Å². The zero-order valence-corrected chi connectivity index (χ0v) is 18.7. The van der Waals surface area contributed by atoms with Crippen LogP contribution in [0.15, 0.2) is 0 Å². The van der Waals surface area contributed by atoms with Crippen LogP contribution in [-0.2, 0) is 17.8 Å². The third-order valence-corrected chi connectivity index (χ3v) is 15.4. The highest BCUT2D eigenvalue weighted by Crippen LogP contribution is 2.45. The molecule has 0 spiro atoms. The maximum Gasteiger partial charge on any atom is 0.335 e. The number of hydrogen-bond acceptors (Lipinski definition) is 4. The van der Waals surface area contributed by atoms with E-state index in [9.17, 15) is 4.79 Å². The summed E-state index contributed by atoms with van der Waals surface area (Å²) in [4.78, 5) is 12.3. The van der Waals surface area contributed by atoms with Crippen LogP contribution in [0.3, 0.4) is 0 Å². The summed E-state index contributed by atoms with van der Waals surface area (Å²) in [6, 6.07) is 0. The Morgan fingerprint density at radius 2 is 1.42 bits per heavy atom. The van der Waals surface area contributed by atoms with Crippen molar-refractivity contribution in [3.8, 4) is 0 Å². The molecule has 1 rings (SSSR count). The van der Waals surface area contributed by atoms with Crippen LogP contribution < -0.4 is 0 Å². The van der Waals surface area contributed by atoms with Gasteiger partial charge in [-0.1, -0.05) is 55.4 Å². The summed E-state index contributed by atoms with van der Waals surface area (Å²) in [5.74, 6) is -0.0522. The molecule has 1 saturated heterocycles. The van der Waals surface area contributed by atoms with E-state index in [-0.39, 0.29) is 23.2 Å². The maximum atomic E-state index is 12.3.